The van der Waals surface area contributed by atoms with Crippen LogP contribution in [-0.2, 0) is 0 Å². The van der Waals surface area contributed by atoms with E-state index in [1.165, 1.54) is 38.6 Å². The molecule has 15 heavy (non-hydrogen) atoms. The molecule has 0 saturated heterocycles. The Labute approximate surface area is 96.2 Å². The highest BCUT2D eigenvalue weighted by Gasteiger charge is 2.26. The van der Waals surface area contributed by atoms with Gasteiger partial charge >= 0.3 is 0 Å². The maximum absolute atomic E-state index is 2.52. The van der Waals surface area contributed by atoms with E-state index in [2.05, 4.69) is 39.6 Å². The molecule has 1 aliphatic rings. The number of rotatable bonds is 3. The van der Waals surface area contributed by atoms with Crippen molar-refractivity contribution < 1.29 is 0 Å². The van der Waals surface area contributed by atoms with Gasteiger partial charge in [-0.15, -0.1) is 0 Å². The van der Waals surface area contributed by atoms with Gasteiger partial charge in [0, 0.05) is 6.04 Å². The molecular weight excluding hydrogens is 182 g/mol. The SMILES string of the molecule is CCN(C)[C@H]1CC[C@H](CC(C)(C)C)CC1. The van der Waals surface area contributed by atoms with E-state index in [0.29, 0.717) is 5.41 Å². The van der Waals surface area contributed by atoms with Crippen LogP contribution in [0.15, 0.2) is 0 Å². The third-order valence-corrected chi connectivity index (χ3v) is 3.84. The topological polar surface area (TPSA) is 3.24 Å². The van der Waals surface area contributed by atoms with E-state index in [0.717, 1.165) is 12.0 Å². The van der Waals surface area contributed by atoms with E-state index in [4.69, 9.17) is 0 Å². The minimum absolute atomic E-state index is 0.522. The quantitative estimate of drug-likeness (QED) is 0.683. The molecule has 0 bridgehead atoms. The number of nitrogens with zero attached hydrogens (tertiary/aromatic N) is 1. The summed E-state index contributed by atoms with van der Waals surface area (Å²) in [5.74, 6) is 0.992. The Morgan fingerprint density at radius 3 is 2.00 bits per heavy atom. The summed E-state index contributed by atoms with van der Waals surface area (Å²) in [6.07, 6.45) is 7.16. The molecular formula is C14H29N. The van der Waals surface area contributed by atoms with Crippen molar-refractivity contribution in [3.8, 4) is 0 Å². The lowest BCUT2D eigenvalue weighted by Gasteiger charge is -2.36. The Kier molecular flexibility index (Phi) is 4.64. The second kappa shape index (κ2) is 5.34. The maximum Gasteiger partial charge on any atom is 0.00923 e. The molecule has 0 radical (unpaired) electrons. The molecule has 0 aromatic rings. The Balaban J connectivity index is 2.30. The van der Waals surface area contributed by atoms with Crippen molar-refractivity contribution in [3.05, 3.63) is 0 Å². The lowest BCUT2D eigenvalue weighted by atomic mass is 9.76. The van der Waals surface area contributed by atoms with Crippen LogP contribution in [-0.4, -0.2) is 24.5 Å². The normalized spacial score (nSPS) is 28.4. The summed E-state index contributed by atoms with van der Waals surface area (Å²) in [5, 5.41) is 0. The van der Waals surface area contributed by atoms with Crippen LogP contribution in [0.1, 0.15) is 59.8 Å². The van der Waals surface area contributed by atoms with Crippen LogP contribution >= 0.6 is 0 Å². The summed E-state index contributed by atoms with van der Waals surface area (Å²) < 4.78 is 0. The Morgan fingerprint density at radius 1 is 1.07 bits per heavy atom. The summed E-state index contributed by atoms with van der Waals surface area (Å²) in [7, 11) is 2.27. The molecule has 1 nitrogen and oxygen atoms in total. The van der Waals surface area contributed by atoms with Crippen molar-refractivity contribution in [3.63, 3.8) is 0 Å². The van der Waals surface area contributed by atoms with E-state index in [9.17, 15) is 0 Å². The van der Waals surface area contributed by atoms with Gasteiger partial charge in [0.05, 0.1) is 0 Å². The van der Waals surface area contributed by atoms with Crippen LogP contribution in [0.3, 0.4) is 0 Å². The van der Waals surface area contributed by atoms with Gasteiger partial charge in [0.25, 0.3) is 0 Å². The summed E-state index contributed by atoms with van der Waals surface area (Å²) >= 11 is 0. The van der Waals surface area contributed by atoms with Crippen LogP contribution < -0.4 is 0 Å². The van der Waals surface area contributed by atoms with Crippen molar-refractivity contribution >= 4 is 0 Å². The molecule has 90 valence electrons. The lowest BCUT2D eigenvalue weighted by Crippen LogP contribution is -2.35. The zero-order chi connectivity index (χ0) is 11.5. The van der Waals surface area contributed by atoms with Crippen LogP contribution in [0.2, 0.25) is 0 Å². The minimum atomic E-state index is 0.522. The first-order chi connectivity index (χ1) is 6.92. The molecule has 1 heteroatoms. The van der Waals surface area contributed by atoms with Crippen molar-refractivity contribution in [2.45, 2.75) is 65.8 Å². The average molecular weight is 211 g/mol. The number of hydrogen-bond donors (Lipinski definition) is 0. The molecule has 0 atom stereocenters. The molecule has 1 saturated carbocycles. The zero-order valence-electron chi connectivity index (χ0n) is 11.3. The standard InChI is InChI=1S/C14H29N/c1-6-15(5)13-9-7-12(8-10-13)11-14(2,3)4/h12-13H,6-11H2,1-5H3/t12-,13-. The van der Waals surface area contributed by atoms with Crippen LogP contribution in [0.4, 0.5) is 0 Å². The molecule has 1 rings (SSSR count). The van der Waals surface area contributed by atoms with Crippen LogP contribution in [0.25, 0.3) is 0 Å². The summed E-state index contributed by atoms with van der Waals surface area (Å²) in [4.78, 5) is 2.52. The van der Waals surface area contributed by atoms with Gasteiger partial charge in [-0.2, -0.15) is 0 Å². The third-order valence-electron chi connectivity index (χ3n) is 3.84. The molecule has 1 aliphatic carbocycles. The highest BCUT2D eigenvalue weighted by atomic mass is 15.1. The fraction of sp³-hybridized carbons (Fsp3) is 1.00. The minimum Gasteiger partial charge on any atom is -0.304 e. The van der Waals surface area contributed by atoms with Gasteiger partial charge in [0.2, 0.25) is 0 Å². The molecule has 0 aromatic carbocycles. The van der Waals surface area contributed by atoms with Gasteiger partial charge < -0.3 is 4.90 Å². The molecule has 0 unspecified atom stereocenters. The Bertz CT molecular complexity index is 172. The summed E-state index contributed by atoms with van der Waals surface area (Å²) in [6.45, 7) is 10.6. The Hall–Kier alpha value is -0.0400. The van der Waals surface area contributed by atoms with E-state index < -0.39 is 0 Å². The first kappa shape index (κ1) is 13.0. The first-order valence-corrected chi connectivity index (χ1v) is 6.62. The van der Waals surface area contributed by atoms with E-state index >= 15 is 0 Å². The van der Waals surface area contributed by atoms with Gasteiger partial charge in [-0.05, 0) is 57.0 Å². The first-order valence-electron chi connectivity index (χ1n) is 6.62. The monoisotopic (exact) mass is 211 g/mol. The van der Waals surface area contributed by atoms with Gasteiger partial charge in [-0.1, -0.05) is 27.7 Å². The average Bonchev–Trinajstić information content (AvgIpc) is 2.15. The van der Waals surface area contributed by atoms with Crippen molar-refractivity contribution in [2.75, 3.05) is 13.6 Å². The highest BCUT2D eigenvalue weighted by Crippen LogP contribution is 2.35. The molecule has 0 N–H and O–H groups in total. The maximum atomic E-state index is 2.52. The third kappa shape index (κ3) is 4.55. The predicted octanol–water partition coefficient (Wildman–Crippen LogP) is 3.93. The highest BCUT2D eigenvalue weighted by molar-refractivity contribution is 4.80. The molecule has 0 aliphatic heterocycles. The van der Waals surface area contributed by atoms with E-state index in [1.807, 2.05) is 0 Å². The molecule has 0 heterocycles. The molecule has 0 amide bonds. The fourth-order valence-electron chi connectivity index (χ4n) is 2.91. The predicted molar refractivity (Wildman–Crippen MR) is 68.1 cm³/mol. The van der Waals surface area contributed by atoms with Crippen molar-refractivity contribution in [1.82, 2.24) is 4.90 Å². The summed E-state index contributed by atoms with van der Waals surface area (Å²) in [5.41, 5.74) is 0.522. The lowest BCUT2D eigenvalue weighted by molar-refractivity contribution is 0.148. The van der Waals surface area contributed by atoms with Crippen molar-refractivity contribution in [1.29, 1.82) is 0 Å². The smallest absolute Gasteiger partial charge is 0.00923 e. The number of hydrogen-bond acceptors (Lipinski definition) is 1. The molecule has 0 aromatic heterocycles. The van der Waals surface area contributed by atoms with E-state index in [-0.39, 0.29) is 0 Å². The molecule has 0 spiro atoms. The van der Waals surface area contributed by atoms with E-state index in [1.54, 1.807) is 0 Å². The zero-order valence-corrected chi connectivity index (χ0v) is 11.3. The van der Waals surface area contributed by atoms with Crippen LogP contribution in [0, 0.1) is 11.3 Å². The van der Waals surface area contributed by atoms with Crippen LogP contribution in [0.5, 0.6) is 0 Å². The summed E-state index contributed by atoms with van der Waals surface area (Å²) in [6, 6.07) is 0.867. The van der Waals surface area contributed by atoms with Gasteiger partial charge in [-0.25, -0.2) is 0 Å². The molecule has 1 fully saturated rings. The van der Waals surface area contributed by atoms with Gasteiger partial charge in [-0.3, -0.25) is 0 Å². The van der Waals surface area contributed by atoms with Gasteiger partial charge in [0.1, 0.15) is 0 Å². The van der Waals surface area contributed by atoms with Crippen molar-refractivity contribution in [2.24, 2.45) is 11.3 Å². The van der Waals surface area contributed by atoms with Gasteiger partial charge in [0.15, 0.2) is 0 Å². The fourth-order valence-corrected chi connectivity index (χ4v) is 2.91. The Morgan fingerprint density at radius 2 is 1.60 bits per heavy atom. The second-order valence-corrected chi connectivity index (χ2v) is 6.51. The largest absolute Gasteiger partial charge is 0.304 e. The second-order valence-electron chi connectivity index (χ2n) is 6.51.